The van der Waals surface area contributed by atoms with E-state index in [4.69, 9.17) is 5.11 Å². The maximum Gasteiger partial charge on any atom is 0.244 e. The molecular weight excluding hydrogens is 252 g/mol. The molecule has 0 unspecified atom stereocenters. The molecule has 0 saturated carbocycles. The molecule has 2 aromatic heterocycles. The first-order valence-corrected chi connectivity index (χ1v) is 6.33. The van der Waals surface area contributed by atoms with Crippen LogP contribution in [0.5, 0.6) is 0 Å². The molecule has 1 N–H and O–H groups in total. The van der Waals surface area contributed by atoms with Gasteiger partial charge in [0.05, 0.1) is 19.3 Å². The molecular formula is C11H14N4O2S. The maximum absolute atomic E-state index is 11.9. The Morgan fingerprint density at radius 1 is 1.61 bits per heavy atom. The van der Waals surface area contributed by atoms with Crippen LogP contribution in [0.4, 0.5) is 0 Å². The van der Waals surface area contributed by atoms with Crippen molar-refractivity contribution < 1.29 is 9.90 Å². The van der Waals surface area contributed by atoms with Gasteiger partial charge in [0.25, 0.3) is 0 Å². The Morgan fingerprint density at radius 3 is 3.06 bits per heavy atom. The van der Waals surface area contributed by atoms with Crippen LogP contribution in [0.25, 0.3) is 0 Å². The van der Waals surface area contributed by atoms with Crippen LogP contribution < -0.4 is 0 Å². The summed E-state index contributed by atoms with van der Waals surface area (Å²) in [5.41, 5.74) is 0.462. The van der Waals surface area contributed by atoms with E-state index in [1.807, 2.05) is 17.5 Å². The van der Waals surface area contributed by atoms with E-state index in [1.165, 1.54) is 4.68 Å². The van der Waals surface area contributed by atoms with E-state index in [0.29, 0.717) is 12.2 Å². The lowest BCUT2D eigenvalue weighted by Crippen LogP contribution is -2.29. The van der Waals surface area contributed by atoms with E-state index in [2.05, 4.69) is 10.3 Å². The van der Waals surface area contributed by atoms with Crippen LogP contribution in [0.15, 0.2) is 23.7 Å². The van der Waals surface area contributed by atoms with Gasteiger partial charge in [0, 0.05) is 11.9 Å². The number of aliphatic hydroxyl groups is 1. The van der Waals surface area contributed by atoms with Crippen LogP contribution in [0.1, 0.15) is 10.6 Å². The fourth-order valence-electron chi connectivity index (χ4n) is 1.47. The first-order chi connectivity index (χ1) is 8.69. The van der Waals surface area contributed by atoms with Crippen molar-refractivity contribution in [3.8, 4) is 0 Å². The summed E-state index contributed by atoms with van der Waals surface area (Å²) < 4.78 is 1.43. The molecule has 18 heavy (non-hydrogen) atoms. The molecule has 0 radical (unpaired) electrons. The second-order valence-electron chi connectivity index (χ2n) is 3.89. The zero-order valence-corrected chi connectivity index (χ0v) is 10.8. The fourth-order valence-corrected chi connectivity index (χ4v) is 2.23. The summed E-state index contributed by atoms with van der Waals surface area (Å²) in [6.07, 6.45) is 1.57. The molecule has 0 aliphatic carbocycles. The molecule has 0 spiro atoms. The van der Waals surface area contributed by atoms with E-state index in [1.54, 1.807) is 29.5 Å². The monoisotopic (exact) mass is 266 g/mol. The van der Waals surface area contributed by atoms with Crippen LogP contribution in [0.3, 0.4) is 0 Å². The van der Waals surface area contributed by atoms with E-state index < -0.39 is 0 Å². The molecule has 0 atom stereocenters. The molecule has 0 bridgehead atoms. The number of aromatic nitrogens is 3. The number of hydrogen-bond acceptors (Lipinski definition) is 5. The number of likely N-dealkylation sites (N-methyl/N-ethyl adjacent to an activating group) is 1. The Kier molecular flexibility index (Phi) is 4.06. The Morgan fingerprint density at radius 2 is 2.44 bits per heavy atom. The normalized spacial score (nSPS) is 10.6. The smallest absolute Gasteiger partial charge is 0.244 e. The third-order valence-corrected chi connectivity index (χ3v) is 3.31. The maximum atomic E-state index is 11.9. The molecule has 0 aliphatic rings. The molecule has 1 amide bonds. The Balaban J connectivity index is 1.90. The van der Waals surface area contributed by atoms with Crippen molar-refractivity contribution in [1.82, 2.24) is 19.9 Å². The van der Waals surface area contributed by atoms with Crippen molar-refractivity contribution in [2.45, 2.75) is 19.7 Å². The summed E-state index contributed by atoms with van der Waals surface area (Å²) in [5.74, 6) is -0.0437. The Labute approximate surface area is 108 Å². The van der Waals surface area contributed by atoms with Crippen LogP contribution in [-0.2, 0) is 24.5 Å². The van der Waals surface area contributed by atoms with Gasteiger partial charge in [0.15, 0.2) is 0 Å². The third-order valence-electron chi connectivity index (χ3n) is 2.44. The van der Waals surface area contributed by atoms with Crippen molar-refractivity contribution >= 4 is 17.2 Å². The molecule has 96 valence electrons. The van der Waals surface area contributed by atoms with Crippen molar-refractivity contribution in [2.24, 2.45) is 0 Å². The van der Waals surface area contributed by atoms with Crippen LogP contribution in [0, 0.1) is 0 Å². The SMILES string of the molecule is CN(Cc1cccs1)C(=O)Cn1cc(CO)nn1. The molecule has 0 saturated heterocycles. The highest BCUT2D eigenvalue weighted by atomic mass is 32.1. The standard InChI is InChI=1S/C11H14N4O2S/c1-14(6-10-3-2-4-18-10)11(17)7-15-5-9(8-16)12-13-15/h2-5,16H,6-8H2,1H3. The summed E-state index contributed by atoms with van der Waals surface area (Å²) in [6.45, 7) is 0.562. The van der Waals surface area contributed by atoms with Gasteiger partial charge in [-0.15, -0.1) is 16.4 Å². The van der Waals surface area contributed by atoms with Gasteiger partial charge in [-0.25, -0.2) is 4.68 Å². The average Bonchev–Trinajstić information content (AvgIpc) is 3.00. The molecule has 0 aromatic carbocycles. The van der Waals surface area contributed by atoms with Crippen molar-refractivity contribution in [3.05, 3.63) is 34.3 Å². The number of aliphatic hydroxyl groups excluding tert-OH is 1. The van der Waals surface area contributed by atoms with Gasteiger partial charge in [0.2, 0.25) is 5.91 Å². The van der Waals surface area contributed by atoms with Crippen LogP contribution in [0.2, 0.25) is 0 Å². The molecule has 0 aliphatic heterocycles. The second kappa shape index (κ2) is 5.74. The van der Waals surface area contributed by atoms with Gasteiger partial charge in [-0.05, 0) is 11.4 Å². The van der Waals surface area contributed by atoms with Crippen molar-refractivity contribution in [2.75, 3.05) is 7.05 Å². The summed E-state index contributed by atoms with van der Waals surface area (Å²) in [4.78, 5) is 14.7. The fraction of sp³-hybridized carbons (Fsp3) is 0.364. The van der Waals surface area contributed by atoms with Gasteiger partial charge >= 0.3 is 0 Å². The molecule has 2 heterocycles. The highest BCUT2D eigenvalue weighted by Crippen LogP contribution is 2.11. The highest BCUT2D eigenvalue weighted by Gasteiger charge is 2.11. The molecule has 2 rings (SSSR count). The number of thiophene rings is 1. The largest absolute Gasteiger partial charge is 0.390 e. The number of carbonyl (C=O) groups excluding carboxylic acids is 1. The van der Waals surface area contributed by atoms with Gasteiger partial charge < -0.3 is 10.0 Å². The lowest BCUT2D eigenvalue weighted by molar-refractivity contribution is -0.131. The predicted octanol–water partition coefficient (Wildman–Crippen LogP) is 0.490. The minimum atomic E-state index is -0.167. The topological polar surface area (TPSA) is 71.2 Å². The van der Waals surface area contributed by atoms with E-state index in [9.17, 15) is 4.79 Å². The lowest BCUT2D eigenvalue weighted by atomic mass is 10.4. The lowest BCUT2D eigenvalue weighted by Gasteiger charge is -2.15. The number of nitrogens with zero attached hydrogens (tertiary/aromatic N) is 4. The summed E-state index contributed by atoms with van der Waals surface area (Å²) >= 11 is 1.62. The second-order valence-corrected chi connectivity index (χ2v) is 4.93. The Hall–Kier alpha value is -1.73. The third kappa shape index (κ3) is 3.14. The number of amides is 1. The minimum absolute atomic E-state index is 0.0437. The molecule has 6 nitrogen and oxygen atoms in total. The van der Waals surface area contributed by atoms with Gasteiger partial charge in [-0.2, -0.15) is 0 Å². The average molecular weight is 266 g/mol. The first kappa shape index (κ1) is 12.7. The first-order valence-electron chi connectivity index (χ1n) is 5.45. The summed E-state index contributed by atoms with van der Waals surface area (Å²) in [7, 11) is 1.76. The zero-order chi connectivity index (χ0) is 13.0. The van der Waals surface area contributed by atoms with E-state index in [0.717, 1.165) is 4.88 Å². The van der Waals surface area contributed by atoms with Crippen LogP contribution in [-0.4, -0.2) is 38.0 Å². The number of rotatable bonds is 5. The predicted molar refractivity (Wildman–Crippen MR) is 66.7 cm³/mol. The summed E-state index contributed by atoms with van der Waals surface area (Å²) in [5, 5.41) is 18.3. The van der Waals surface area contributed by atoms with Crippen molar-refractivity contribution in [3.63, 3.8) is 0 Å². The minimum Gasteiger partial charge on any atom is -0.390 e. The highest BCUT2D eigenvalue weighted by molar-refractivity contribution is 7.09. The molecule has 7 heteroatoms. The quantitative estimate of drug-likeness (QED) is 0.855. The number of carbonyl (C=O) groups is 1. The summed E-state index contributed by atoms with van der Waals surface area (Å²) in [6, 6.07) is 3.96. The Bertz CT molecular complexity index is 509. The van der Waals surface area contributed by atoms with E-state index >= 15 is 0 Å². The van der Waals surface area contributed by atoms with E-state index in [-0.39, 0.29) is 19.1 Å². The van der Waals surface area contributed by atoms with Gasteiger partial charge in [-0.1, -0.05) is 11.3 Å². The van der Waals surface area contributed by atoms with Gasteiger partial charge in [-0.3, -0.25) is 4.79 Å². The van der Waals surface area contributed by atoms with Gasteiger partial charge in [0.1, 0.15) is 12.2 Å². The molecule has 0 fully saturated rings. The van der Waals surface area contributed by atoms with Crippen molar-refractivity contribution in [1.29, 1.82) is 0 Å². The van der Waals surface area contributed by atoms with Crippen LogP contribution >= 0.6 is 11.3 Å². The molecule has 2 aromatic rings. The zero-order valence-electron chi connectivity index (χ0n) is 9.98. The number of hydrogen-bond donors (Lipinski definition) is 1.